The molecule has 6 nitrogen and oxygen atoms in total. The maximum absolute atomic E-state index is 13.9. The number of benzene rings is 1. The Balaban J connectivity index is 1.98. The van der Waals surface area contributed by atoms with E-state index in [0.717, 1.165) is 19.4 Å². The first kappa shape index (κ1) is 21.5. The molecule has 0 spiro atoms. The minimum Gasteiger partial charge on any atom is -0.491 e. The third-order valence-corrected chi connectivity index (χ3v) is 5.49. The maximum Gasteiger partial charge on any atom is 0.290 e. The topological polar surface area (TPSA) is 79.4 Å². The summed E-state index contributed by atoms with van der Waals surface area (Å²) < 4.78 is 59.9. The molecule has 0 fully saturated rings. The highest BCUT2D eigenvalue weighted by molar-refractivity contribution is 6.02. The Kier molecular flexibility index (Phi) is 5.45. The summed E-state index contributed by atoms with van der Waals surface area (Å²) in [6.45, 7) is 1.76. The Morgan fingerprint density at radius 1 is 1.09 bits per heavy atom. The van der Waals surface area contributed by atoms with Gasteiger partial charge in [-0.3, -0.25) is 4.79 Å². The molecule has 32 heavy (non-hydrogen) atoms. The van der Waals surface area contributed by atoms with Gasteiger partial charge in [-0.05, 0) is 30.7 Å². The molecule has 0 unspecified atom stereocenters. The predicted molar refractivity (Wildman–Crippen MR) is 109 cm³/mol. The van der Waals surface area contributed by atoms with Gasteiger partial charge in [0.1, 0.15) is 17.2 Å². The van der Waals surface area contributed by atoms with Crippen molar-refractivity contribution in [3.63, 3.8) is 0 Å². The molecular formula is C22H18F4N4O2. The number of rotatable bonds is 5. The quantitative estimate of drug-likeness (QED) is 0.463. The van der Waals surface area contributed by atoms with E-state index >= 15 is 0 Å². The van der Waals surface area contributed by atoms with Crippen LogP contribution in [0.1, 0.15) is 35.6 Å². The largest absolute Gasteiger partial charge is 0.491 e. The zero-order valence-corrected chi connectivity index (χ0v) is 17.0. The molecule has 0 bridgehead atoms. The van der Waals surface area contributed by atoms with Crippen LogP contribution >= 0.6 is 0 Å². The van der Waals surface area contributed by atoms with Gasteiger partial charge in [0.05, 0.1) is 18.7 Å². The van der Waals surface area contributed by atoms with Crippen LogP contribution in [0.5, 0.6) is 5.75 Å². The number of hydrogen-bond acceptors (Lipinski definition) is 5. The van der Waals surface area contributed by atoms with Crippen LogP contribution in [-0.2, 0) is 5.54 Å². The summed E-state index contributed by atoms with van der Waals surface area (Å²) in [7, 11) is 1.12. The second kappa shape index (κ2) is 8.10. The molecule has 4 rings (SSSR count). The van der Waals surface area contributed by atoms with Gasteiger partial charge in [-0.1, -0.05) is 18.2 Å². The van der Waals surface area contributed by atoms with E-state index in [0.29, 0.717) is 11.1 Å². The summed E-state index contributed by atoms with van der Waals surface area (Å²) in [5, 5.41) is 3.08. The number of ether oxygens (including phenoxy) is 1. The van der Waals surface area contributed by atoms with E-state index in [1.54, 1.807) is 6.92 Å². The van der Waals surface area contributed by atoms with E-state index in [2.05, 4.69) is 15.3 Å². The van der Waals surface area contributed by atoms with Crippen molar-refractivity contribution >= 4 is 5.84 Å². The van der Waals surface area contributed by atoms with Crippen molar-refractivity contribution in [1.29, 1.82) is 0 Å². The summed E-state index contributed by atoms with van der Waals surface area (Å²) >= 11 is 0. The molecule has 2 atom stereocenters. The smallest absolute Gasteiger partial charge is 0.290 e. The van der Waals surface area contributed by atoms with Crippen LogP contribution in [0.4, 0.5) is 17.6 Å². The molecule has 0 saturated carbocycles. The van der Waals surface area contributed by atoms with Crippen LogP contribution in [0.3, 0.4) is 0 Å². The van der Waals surface area contributed by atoms with E-state index in [-0.39, 0.29) is 11.4 Å². The molecule has 0 aliphatic carbocycles. The lowest BCUT2D eigenvalue weighted by atomic mass is 9.79. The van der Waals surface area contributed by atoms with Crippen molar-refractivity contribution in [3.05, 3.63) is 93.2 Å². The van der Waals surface area contributed by atoms with Crippen molar-refractivity contribution in [1.82, 2.24) is 15.3 Å². The molecule has 0 saturated heterocycles. The number of methoxy groups -OCH3 is 1. The number of aromatic nitrogens is 2. The maximum atomic E-state index is 13.9. The second-order valence-corrected chi connectivity index (χ2v) is 7.25. The van der Waals surface area contributed by atoms with Crippen molar-refractivity contribution in [2.45, 2.75) is 24.9 Å². The fraction of sp³-hybridized carbons (Fsp3) is 0.227. The molecule has 0 radical (unpaired) electrons. The number of H-pyrrole nitrogens is 1. The molecular weight excluding hydrogens is 428 g/mol. The molecule has 1 aliphatic heterocycles. The molecule has 166 valence electrons. The van der Waals surface area contributed by atoms with Gasteiger partial charge in [-0.2, -0.15) is 4.39 Å². The zero-order valence-electron chi connectivity index (χ0n) is 17.0. The highest BCUT2D eigenvalue weighted by atomic mass is 19.3. The Morgan fingerprint density at radius 3 is 2.38 bits per heavy atom. The van der Waals surface area contributed by atoms with Gasteiger partial charge in [0, 0.05) is 23.5 Å². The monoisotopic (exact) mass is 446 g/mol. The number of nitrogens with zero attached hydrogens (tertiary/aromatic N) is 2. The van der Waals surface area contributed by atoms with Crippen LogP contribution in [0.25, 0.3) is 0 Å². The first-order valence-electron chi connectivity index (χ1n) is 9.60. The van der Waals surface area contributed by atoms with Gasteiger partial charge < -0.3 is 15.0 Å². The number of amidine groups is 1. The Morgan fingerprint density at radius 2 is 1.78 bits per heavy atom. The summed E-state index contributed by atoms with van der Waals surface area (Å²) in [4.78, 5) is 22.8. The molecule has 2 N–H and O–H groups in total. The van der Waals surface area contributed by atoms with Crippen molar-refractivity contribution < 1.29 is 22.3 Å². The predicted octanol–water partition coefficient (Wildman–Crippen LogP) is 3.68. The van der Waals surface area contributed by atoms with E-state index in [1.807, 2.05) is 0 Å². The van der Waals surface area contributed by atoms with Gasteiger partial charge in [0.15, 0.2) is 5.75 Å². The lowest BCUT2D eigenvalue weighted by Crippen LogP contribution is -2.41. The Bertz CT molecular complexity index is 1180. The van der Waals surface area contributed by atoms with Crippen LogP contribution in [0, 0.1) is 11.8 Å². The first-order chi connectivity index (χ1) is 15.3. The van der Waals surface area contributed by atoms with Crippen molar-refractivity contribution in [2.24, 2.45) is 4.99 Å². The summed E-state index contributed by atoms with van der Waals surface area (Å²) in [5.41, 5.74) is -1.69. The molecule has 2 aromatic heterocycles. The normalized spacial score (nSPS) is 20.2. The fourth-order valence-electron chi connectivity index (χ4n) is 3.99. The first-order valence-corrected chi connectivity index (χ1v) is 9.60. The molecule has 1 aliphatic rings. The Hall–Kier alpha value is -3.69. The average molecular weight is 446 g/mol. The molecule has 3 heterocycles. The number of halogens is 4. The summed E-state index contributed by atoms with van der Waals surface area (Å²) in [6.07, 6.45) is -0.588. The standard InChI is InChI=1S/C22H18F4N4O2/c1-11-22(12-3-6-14(23)7-4-12,13-5-8-16(24)27-9-13)30-20(29-11)15-10-28-21(31)18(32-2)17(15)19(25)26/h3-11,19H,1-2H3,(H,28,31)(H,29,30)/t11-,22-/m0/s1. The van der Waals surface area contributed by atoms with Crippen LogP contribution < -0.4 is 15.6 Å². The minimum atomic E-state index is -3.02. The van der Waals surface area contributed by atoms with Gasteiger partial charge in [-0.25, -0.2) is 23.1 Å². The van der Waals surface area contributed by atoms with Gasteiger partial charge >= 0.3 is 0 Å². The van der Waals surface area contributed by atoms with Crippen molar-refractivity contribution in [2.75, 3.05) is 7.11 Å². The molecule has 10 heteroatoms. The van der Waals surface area contributed by atoms with Crippen LogP contribution in [-0.4, -0.2) is 29.0 Å². The Labute approximate surface area is 180 Å². The van der Waals surface area contributed by atoms with Crippen molar-refractivity contribution in [3.8, 4) is 5.75 Å². The van der Waals surface area contributed by atoms with Crippen LogP contribution in [0.2, 0.25) is 0 Å². The molecule has 0 amide bonds. The summed E-state index contributed by atoms with van der Waals surface area (Å²) in [6, 6.07) is 7.66. The average Bonchev–Trinajstić information content (AvgIpc) is 3.12. The number of pyridine rings is 2. The minimum absolute atomic E-state index is 0.0534. The number of aromatic amines is 1. The second-order valence-electron chi connectivity index (χ2n) is 7.25. The highest BCUT2D eigenvalue weighted by Gasteiger charge is 2.46. The highest BCUT2D eigenvalue weighted by Crippen LogP contribution is 2.42. The van der Waals surface area contributed by atoms with E-state index in [1.165, 1.54) is 36.5 Å². The lowest BCUT2D eigenvalue weighted by molar-refractivity contribution is 0.146. The van der Waals surface area contributed by atoms with Gasteiger partial charge in [-0.15, -0.1) is 0 Å². The summed E-state index contributed by atoms with van der Waals surface area (Å²) in [5.74, 6) is -1.61. The van der Waals surface area contributed by atoms with E-state index in [4.69, 9.17) is 9.73 Å². The zero-order chi connectivity index (χ0) is 23.0. The molecule has 1 aromatic carbocycles. The third-order valence-electron chi connectivity index (χ3n) is 5.49. The SMILES string of the molecule is COc1c(C(F)F)c(C2=N[C@@](c3ccc(F)cc3)(c3ccc(F)nc3)[C@H](C)N2)c[nH]c1=O. The van der Waals surface area contributed by atoms with Crippen LogP contribution in [0.15, 0.2) is 58.6 Å². The molecule has 3 aromatic rings. The number of hydrogen-bond donors (Lipinski definition) is 2. The van der Waals surface area contributed by atoms with Gasteiger partial charge in [0.2, 0.25) is 5.95 Å². The number of alkyl halides is 2. The fourth-order valence-corrected chi connectivity index (χ4v) is 3.99. The van der Waals surface area contributed by atoms with Gasteiger partial charge in [0.25, 0.3) is 12.0 Å². The third kappa shape index (κ3) is 3.41. The lowest BCUT2D eigenvalue weighted by Gasteiger charge is -2.31. The number of aliphatic imine (C=N–C) groups is 1. The van der Waals surface area contributed by atoms with E-state index < -0.39 is 46.6 Å². The van der Waals surface area contributed by atoms with E-state index in [9.17, 15) is 22.4 Å². The number of nitrogens with one attached hydrogen (secondary N) is 2.